The van der Waals surface area contributed by atoms with E-state index in [1.165, 1.54) is 25.0 Å². The van der Waals surface area contributed by atoms with Crippen molar-refractivity contribution in [2.24, 2.45) is 4.99 Å². The number of thioether (sulfide) groups is 1. The lowest BCUT2D eigenvalue weighted by molar-refractivity contribution is -0.127. The normalized spacial score (nSPS) is 11.0. The molecule has 0 bridgehead atoms. The van der Waals surface area contributed by atoms with Gasteiger partial charge < -0.3 is 20.0 Å². The summed E-state index contributed by atoms with van der Waals surface area (Å²) in [6, 6.07) is 3.84. The molecular formula is C18H33IN4O2S. The van der Waals surface area contributed by atoms with Gasteiger partial charge in [0.05, 0.1) is 6.26 Å². The molecule has 0 radical (unpaired) electrons. The number of halogens is 1. The van der Waals surface area contributed by atoms with Gasteiger partial charge >= 0.3 is 0 Å². The molecule has 0 aliphatic rings. The molecule has 0 unspecified atom stereocenters. The molecule has 0 aliphatic heterocycles. The number of amides is 1. The van der Waals surface area contributed by atoms with Crippen LogP contribution in [0.4, 0.5) is 0 Å². The van der Waals surface area contributed by atoms with Crippen molar-refractivity contribution >= 4 is 47.6 Å². The highest BCUT2D eigenvalue weighted by molar-refractivity contribution is 14.0. The molecule has 1 rings (SSSR count). The van der Waals surface area contributed by atoms with E-state index in [1.54, 1.807) is 25.3 Å². The number of carbonyl (C=O) groups is 1. The lowest BCUT2D eigenvalue weighted by Crippen LogP contribution is -2.40. The number of unbranched alkanes of at least 4 members (excludes halogenated alkanes) is 3. The van der Waals surface area contributed by atoms with E-state index in [0.717, 1.165) is 25.1 Å². The molecule has 26 heavy (non-hydrogen) atoms. The van der Waals surface area contributed by atoms with E-state index in [4.69, 9.17) is 4.42 Å². The van der Waals surface area contributed by atoms with Crippen molar-refractivity contribution in [3.05, 3.63) is 24.2 Å². The minimum atomic E-state index is -0.01000. The van der Waals surface area contributed by atoms with Crippen molar-refractivity contribution in [1.82, 2.24) is 15.5 Å². The van der Waals surface area contributed by atoms with Gasteiger partial charge in [0.25, 0.3) is 0 Å². The molecular weight excluding hydrogens is 463 g/mol. The second-order valence-electron chi connectivity index (χ2n) is 6.04. The maximum absolute atomic E-state index is 11.7. The van der Waals surface area contributed by atoms with Crippen LogP contribution in [0, 0.1) is 0 Å². The van der Waals surface area contributed by atoms with Gasteiger partial charge in [-0.2, -0.15) is 11.8 Å². The first-order valence-corrected chi connectivity index (χ1v) is 10.3. The van der Waals surface area contributed by atoms with Crippen LogP contribution in [0.15, 0.2) is 27.8 Å². The molecule has 0 aliphatic carbocycles. The first-order valence-electron chi connectivity index (χ1n) is 8.87. The predicted molar refractivity (Wildman–Crippen MR) is 122 cm³/mol. The lowest BCUT2D eigenvalue weighted by atomic mass is 10.2. The molecule has 8 heteroatoms. The van der Waals surface area contributed by atoms with Crippen LogP contribution in [0.25, 0.3) is 0 Å². The van der Waals surface area contributed by atoms with Crippen LogP contribution >= 0.6 is 35.7 Å². The standard InChI is InChI=1S/C18H32N4O2S.HI/c1-22(2)17(23)15-21-18(19-11-6-4-5-7-14-25-3)20-12-10-16-9-8-13-24-16;/h8-9,13H,4-7,10-12,14-15H2,1-3H3,(H2,19,20,21);1H. The molecule has 0 aromatic carbocycles. The Labute approximate surface area is 179 Å². The van der Waals surface area contributed by atoms with Crippen molar-refractivity contribution in [3.63, 3.8) is 0 Å². The summed E-state index contributed by atoms with van der Waals surface area (Å²) in [6.45, 7) is 1.72. The van der Waals surface area contributed by atoms with Crippen LogP contribution in [0.2, 0.25) is 0 Å². The van der Waals surface area contributed by atoms with E-state index in [1.807, 2.05) is 23.9 Å². The van der Waals surface area contributed by atoms with Gasteiger partial charge in [0.2, 0.25) is 5.91 Å². The molecule has 6 nitrogen and oxygen atoms in total. The molecule has 1 heterocycles. The van der Waals surface area contributed by atoms with E-state index < -0.39 is 0 Å². The highest BCUT2D eigenvalue weighted by Crippen LogP contribution is 2.04. The van der Waals surface area contributed by atoms with E-state index in [2.05, 4.69) is 21.9 Å². The molecule has 1 amide bonds. The molecule has 0 saturated carbocycles. The van der Waals surface area contributed by atoms with Gasteiger partial charge in [-0.3, -0.25) is 4.79 Å². The zero-order valence-corrected chi connectivity index (χ0v) is 19.3. The lowest BCUT2D eigenvalue weighted by Gasteiger charge is -2.13. The number of hydrogen-bond acceptors (Lipinski definition) is 4. The highest BCUT2D eigenvalue weighted by atomic mass is 127. The molecule has 1 aromatic heterocycles. The van der Waals surface area contributed by atoms with Gasteiger partial charge in [-0.05, 0) is 37.0 Å². The summed E-state index contributed by atoms with van der Waals surface area (Å²) in [5.41, 5.74) is 0. The first-order chi connectivity index (χ1) is 12.1. The summed E-state index contributed by atoms with van der Waals surface area (Å²) in [5, 5.41) is 6.59. The van der Waals surface area contributed by atoms with E-state index in [-0.39, 0.29) is 36.4 Å². The Kier molecular flexibility index (Phi) is 15.7. The molecule has 0 saturated heterocycles. The maximum Gasteiger partial charge on any atom is 0.243 e. The Morgan fingerprint density at radius 3 is 2.58 bits per heavy atom. The third kappa shape index (κ3) is 12.5. The monoisotopic (exact) mass is 496 g/mol. The average Bonchev–Trinajstić information content (AvgIpc) is 3.11. The number of nitrogens with zero attached hydrogens (tertiary/aromatic N) is 2. The summed E-state index contributed by atoms with van der Waals surface area (Å²) in [5.74, 6) is 2.85. The minimum Gasteiger partial charge on any atom is -0.469 e. The van der Waals surface area contributed by atoms with Crippen molar-refractivity contribution < 1.29 is 9.21 Å². The number of guanidine groups is 1. The largest absolute Gasteiger partial charge is 0.469 e. The highest BCUT2D eigenvalue weighted by Gasteiger charge is 2.05. The number of furan rings is 1. The molecule has 0 spiro atoms. The Bertz CT molecular complexity index is 495. The number of nitrogens with one attached hydrogen (secondary N) is 2. The van der Waals surface area contributed by atoms with Gasteiger partial charge in [-0.1, -0.05) is 12.8 Å². The average molecular weight is 496 g/mol. The quantitative estimate of drug-likeness (QED) is 0.202. The third-order valence-electron chi connectivity index (χ3n) is 3.68. The number of rotatable bonds is 12. The van der Waals surface area contributed by atoms with Crippen molar-refractivity contribution in [1.29, 1.82) is 0 Å². The predicted octanol–water partition coefficient (Wildman–Crippen LogP) is 2.99. The van der Waals surface area contributed by atoms with E-state index in [0.29, 0.717) is 12.5 Å². The second kappa shape index (κ2) is 16.3. The molecule has 1 aromatic rings. The van der Waals surface area contributed by atoms with Crippen molar-refractivity contribution in [2.45, 2.75) is 32.1 Å². The zero-order chi connectivity index (χ0) is 18.3. The Morgan fingerprint density at radius 2 is 1.92 bits per heavy atom. The maximum atomic E-state index is 11.7. The fraction of sp³-hybridized carbons (Fsp3) is 0.667. The molecule has 0 fully saturated rings. The summed E-state index contributed by atoms with van der Waals surface area (Å²) in [4.78, 5) is 17.7. The number of likely N-dealkylation sites (N-methyl/N-ethyl adjacent to an activating group) is 1. The fourth-order valence-electron chi connectivity index (χ4n) is 2.15. The van der Waals surface area contributed by atoms with Crippen LogP contribution in [0.3, 0.4) is 0 Å². The van der Waals surface area contributed by atoms with Gasteiger partial charge in [0, 0.05) is 33.6 Å². The molecule has 150 valence electrons. The summed E-state index contributed by atoms with van der Waals surface area (Å²) >= 11 is 1.90. The van der Waals surface area contributed by atoms with Gasteiger partial charge in [0.15, 0.2) is 5.96 Å². The van der Waals surface area contributed by atoms with Crippen molar-refractivity contribution in [3.8, 4) is 0 Å². The Balaban J connectivity index is 0.00000625. The Hall–Kier alpha value is -0.900. The van der Waals surface area contributed by atoms with E-state index >= 15 is 0 Å². The fourth-order valence-corrected chi connectivity index (χ4v) is 2.65. The summed E-state index contributed by atoms with van der Waals surface area (Å²) < 4.78 is 5.33. The van der Waals surface area contributed by atoms with Crippen LogP contribution in [-0.4, -0.2) is 62.5 Å². The first kappa shape index (κ1) is 25.1. The molecule has 2 N–H and O–H groups in total. The minimum absolute atomic E-state index is 0. The van der Waals surface area contributed by atoms with Crippen LogP contribution in [-0.2, 0) is 11.2 Å². The van der Waals surface area contributed by atoms with E-state index in [9.17, 15) is 4.79 Å². The number of carbonyl (C=O) groups excluding carboxylic acids is 1. The van der Waals surface area contributed by atoms with Gasteiger partial charge in [-0.25, -0.2) is 4.99 Å². The van der Waals surface area contributed by atoms with Gasteiger partial charge in [0.1, 0.15) is 12.3 Å². The summed E-state index contributed by atoms with van der Waals surface area (Å²) in [7, 11) is 3.48. The van der Waals surface area contributed by atoms with Gasteiger partial charge in [-0.15, -0.1) is 24.0 Å². The Morgan fingerprint density at radius 1 is 1.19 bits per heavy atom. The number of hydrogen-bond donors (Lipinski definition) is 2. The smallest absolute Gasteiger partial charge is 0.243 e. The SMILES string of the molecule is CSCCCCCCNC(=NCC(=O)N(C)C)NCCc1ccco1.I. The topological polar surface area (TPSA) is 69.9 Å². The number of aliphatic imine (C=N–C) groups is 1. The zero-order valence-electron chi connectivity index (χ0n) is 16.1. The van der Waals surface area contributed by atoms with Crippen molar-refractivity contribution in [2.75, 3.05) is 45.7 Å². The third-order valence-corrected chi connectivity index (χ3v) is 4.38. The second-order valence-corrected chi connectivity index (χ2v) is 7.03. The van der Waals surface area contributed by atoms with Crippen LogP contribution in [0.1, 0.15) is 31.4 Å². The van der Waals surface area contributed by atoms with Crippen LogP contribution < -0.4 is 10.6 Å². The molecule has 0 atom stereocenters. The van der Waals surface area contributed by atoms with Crippen LogP contribution in [0.5, 0.6) is 0 Å². The summed E-state index contributed by atoms with van der Waals surface area (Å²) in [6.07, 6.45) is 9.47.